The smallest absolute Gasteiger partial charge is 0.338 e. The number of carboxylic acids is 1. The van der Waals surface area contributed by atoms with Gasteiger partial charge in [0.1, 0.15) is 11.6 Å². The van der Waals surface area contributed by atoms with Crippen LogP contribution < -0.4 is 4.74 Å². The molecular weight excluding hydrogens is 203 g/mol. The van der Waals surface area contributed by atoms with Crippen LogP contribution in [0.15, 0.2) is 12.1 Å². The van der Waals surface area contributed by atoms with Gasteiger partial charge in [0.15, 0.2) is 6.79 Å². The third kappa shape index (κ3) is 2.66. The second kappa shape index (κ2) is 4.75. The van der Waals surface area contributed by atoms with Gasteiger partial charge in [0.2, 0.25) is 0 Å². The van der Waals surface area contributed by atoms with Crippen molar-refractivity contribution in [3.05, 3.63) is 29.1 Å². The SMILES string of the molecule is COCOc1cc(C)c(F)c(C(=O)O)c1. The minimum atomic E-state index is -1.32. The number of aryl methyl sites for hydroxylation is 1. The Balaban J connectivity index is 3.06. The zero-order valence-electron chi connectivity index (χ0n) is 8.41. The first kappa shape index (κ1) is 11.5. The summed E-state index contributed by atoms with van der Waals surface area (Å²) in [5.74, 6) is -1.79. The Kier molecular flexibility index (Phi) is 3.62. The lowest BCUT2D eigenvalue weighted by atomic mass is 10.1. The summed E-state index contributed by atoms with van der Waals surface area (Å²) < 4.78 is 23.0. The molecule has 5 heteroatoms. The molecule has 0 aliphatic heterocycles. The fourth-order valence-corrected chi connectivity index (χ4v) is 1.10. The molecule has 0 fully saturated rings. The van der Waals surface area contributed by atoms with E-state index in [0.29, 0.717) is 0 Å². The van der Waals surface area contributed by atoms with Crippen molar-refractivity contribution in [2.45, 2.75) is 6.92 Å². The number of carbonyl (C=O) groups is 1. The number of rotatable bonds is 4. The maximum Gasteiger partial charge on any atom is 0.338 e. The van der Waals surface area contributed by atoms with Gasteiger partial charge < -0.3 is 14.6 Å². The fraction of sp³-hybridized carbons (Fsp3) is 0.300. The fourth-order valence-electron chi connectivity index (χ4n) is 1.10. The first-order valence-electron chi connectivity index (χ1n) is 4.21. The van der Waals surface area contributed by atoms with Gasteiger partial charge >= 0.3 is 5.97 Å². The maximum absolute atomic E-state index is 13.3. The molecule has 0 aliphatic rings. The van der Waals surface area contributed by atoms with Gasteiger partial charge in [-0.2, -0.15) is 0 Å². The Morgan fingerprint density at radius 1 is 1.53 bits per heavy atom. The van der Waals surface area contributed by atoms with Gasteiger partial charge in [-0.1, -0.05) is 0 Å². The van der Waals surface area contributed by atoms with Crippen molar-refractivity contribution in [3.8, 4) is 5.75 Å². The lowest BCUT2D eigenvalue weighted by Crippen LogP contribution is -2.05. The Labute approximate surface area is 86.2 Å². The Bertz CT molecular complexity index is 376. The molecule has 1 rings (SSSR count). The van der Waals surface area contributed by atoms with Crippen molar-refractivity contribution in [1.82, 2.24) is 0 Å². The highest BCUT2D eigenvalue weighted by Crippen LogP contribution is 2.21. The molecule has 0 bridgehead atoms. The minimum Gasteiger partial charge on any atom is -0.478 e. The van der Waals surface area contributed by atoms with Crippen LogP contribution in [0.4, 0.5) is 4.39 Å². The van der Waals surface area contributed by atoms with E-state index < -0.39 is 17.3 Å². The van der Waals surface area contributed by atoms with Crippen LogP contribution >= 0.6 is 0 Å². The summed E-state index contributed by atoms with van der Waals surface area (Å²) in [6.45, 7) is 1.46. The molecule has 0 heterocycles. The summed E-state index contributed by atoms with van der Waals surface area (Å²) in [5.41, 5.74) is -0.179. The summed E-state index contributed by atoms with van der Waals surface area (Å²) in [4.78, 5) is 10.7. The van der Waals surface area contributed by atoms with Crippen LogP contribution in [0.3, 0.4) is 0 Å². The molecule has 0 saturated carbocycles. The Hall–Kier alpha value is -1.62. The zero-order valence-corrected chi connectivity index (χ0v) is 8.41. The molecule has 15 heavy (non-hydrogen) atoms. The number of methoxy groups -OCH3 is 1. The zero-order chi connectivity index (χ0) is 11.4. The average molecular weight is 214 g/mol. The third-order valence-corrected chi connectivity index (χ3v) is 1.80. The van der Waals surface area contributed by atoms with Crippen LogP contribution in [-0.2, 0) is 4.74 Å². The summed E-state index contributed by atoms with van der Waals surface area (Å²) in [5, 5.41) is 8.71. The summed E-state index contributed by atoms with van der Waals surface area (Å²) in [7, 11) is 1.44. The van der Waals surface area contributed by atoms with E-state index in [1.165, 1.54) is 20.1 Å². The summed E-state index contributed by atoms with van der Waals surface area (Å²) in [6, 6.07) is 2.55. The molecule has 0 amide bonds. The van der Waals surface area contributed by atoms with E-state index in [2.05, 4.69) is 4.74 Å². The highest BCUT2D eigenvalue weighted by molar-refractivity contribution is 5.88. The predicted molar refractivity (Wildman–Crippen MR) is 50.6 cm³/mol. The minimum absolute atomic E-state index is 0.00979. The van der Waals surface area contributed by atoms with Gasteiger partial charge in [0, 0.05) is 7.11 Å². The van der Waals surface area contributed by atoms with Crippen molar-refractivity contribution >= 4 is 5.97 Å². The van der Waals surface area contributed by atoms with Crippen LogP contribution in [0.5, 0.6) is 5.75 Å². The van der Waals surface area contributed by atoms with E-state index in [-0.39, 0.29) is 18.1 Å². The van der Waals surface area contributed by atoms with Crippen LogP contribution in [0, 0.1) is 12.7 Å². The van der Waals surface area contributed by atoms with Crippen LogP contribution in [0.25, 0.3) is 0 Å². The lowest BCUT2D eigenvalue weighted by Gasteiger charge is -2.08. The van der Waals surface area contributed by atoms with E-state index in [1.54, 1.807) is 0 Å². The molecule has 0 radical (unpaired) electrons. The largest absolute Gasteiger partial charge is 0.478 e. The van der Waals surface area contributed by atoms with E-state index in [0.717, 1.165) is 6.07 Å². The molecule has 0 atom stereocenters. The monoisotopic (exact) mass is 214 g/mol. The molecular formula is C10H11FO4. The van der Waals surface area contributed by atoms with Crippen molar-refractivity contribution in [2.75, 3.05) is 13.9 Å². The van der Waals surface area contributed by atoms with Crippen molar-refractivity contribution < 1.29 is 23.8 Å². The average Bonchev–Trinajstić information content (AvgIpc) is 2.19. The first-order chi connectivity index (χ1) is 7.06. The molecule has 0 aliphatic carbocycles. The van der Waals surface area contributed by atoms with Crippen LogP contribution in [0.2, 0.25) is 0 Å². The van der Waals surface area contributed by atoms with Gasteiger partial charge in [-0.05, 0) is 24.6 Å². The molecule has 1 aromatic rings. The molecule has 82 valence electrons. The molecule has 0 spiro atoms. The molecule has 4 nitrogen and oxygen atoms in total. The number of aromatic carboxylic acids is 1. The quantitative estimate of drug-likeness (QED) is 0.776. The van der Waals surface area contributed by atoms with Gasteiger partial charge in [-0.3, -0.25) is 0 Å². The van der Waals surface area contributed by atoms with E-state index in [9.17, 15) is 9.18 Å². The summed E-state index contributed by atoms with van der Waals surface area (Å²) in [6.07, 6.45) is 0. The van der Waals surface area contributed by atoms with Gasteiger partial charge in [-0.25, -0.2) is 9.18 Å². The number of halogens is 1. The normalized spacial score (nSPS) is 10.1. The number of hydrogen-bond donors (Lipinski definition) is 1. The topological polar surface area (TPSA) is 55.8 Å². The number of benzene rings is 1. The highest BCUT2D eigenvalue weighted by atomic mass is 19.1. The summed E-state index contributed by atoms with van der Waals surface area (Å²) >= 11 is 0. The first-order valence-corrected chi connectivity index (χ1v) is 4.21. The van der Waals surface area contributed by atoms with E-state index in [1.807, 2.05) is 0 Å². The molecule has 0 aromatic heterocycles. The predicted octanol–water partition coefficient (Wildman–Crippen LogP) is 1.82. The maximum atomic E-state index is 13.3. The van der Waals surface area contributed by atoms with Crippen molar-refractivity contribution in [1.29, 1.82) is 0 Å². The standard InChI is InChI=1S/C10H11FO4/c1-6-3-7(15-5-14-2)4-8(9(6)11)10(12)13/h3-4H,5H2,1-2H3,(H,12,13). The van der Waals surface area contributed by atoms with Crippen LogP contribution in [0.1, 0.15) is 15.9 Å². The van der Waals surface area contributed by atoms with Gasteiger partial charge in [0.25, 0.3) is 0 Å². The lowest BCUT2D eigenvalue weighted by molar-refractivity contribution is 0.0506. The third-order valence-electron chi connectivity index (χ3n) is 1.80. The number of hydrogen-bond acceptors (Lipinski definition) is 3. The molecule has 1 aromatic carbocycles. The van der Waals surface area contributed by atoms with E-state index in [4.69, 9.17) is 9.84 Å². The molecule has 1 N–H and O–H groups in total. The number of carboxylic acid groups (broad SMARTS) is 1. The Morgan fingerprint density at radius 2 is 2.20 bits per heavy atom. The van der Waals surface area contributed by atoms with Crippen LogP contribution in [-0.4, -0.2) is 25.0 Å². The highest BCUT2D eigenvalue weighted by Gasteiger charge is 2.14. The van der Waals surface area contributed by atoms with Crippen molar-refractivity contribution in [3.63, 3.8) is 0 Å². The molecule has 0 unspecified atom stereocenters. The van der Waals surface area contributed by atoms with E-state index >= 15 is 0 Å². The van der Waals surface area contributed by atoms with Gasteiger partial charge in [-0.15, -0.1) is 0 Å². The molecule has 0 saturated heterocycles. The van der Waals surface area contributed by atoms with Crippen molar-refractivity contribution in [2.24, 2.45) is 0 Å². The second-order valence-corrected chi connectivity index (χ2v) is 2.96. The number of ether oxygens (including phenoxy) is 2. The van der Waals surface area contributed by atoms with Gasteiger partial charge in [0.05, 0.1) is 5.56 Å². The Morgan fingerprint density at radius 3 is 2.73 bits per heavy atom. The second-order valence-electron chi connectivity index (χ2n) is 2.96.